The summed E-state index contributed by atoms with van der Waals surface area (Å²) in [5.41, 5.74) is 0.189. The standard InChI is InChI=1S/C14H11Cl3N2O4S/c1-24(22,23)19-12-3-2-8(20)6-9(12)14(21)18-7-4-10(15)13(17)11(16)5-7/h2-6,19-20H,1H3,(H,18,21). The first-order valence-electron chi connectivity index (χ1n) is 6.33. The third kappa shape index (κ3) is 4.67. The van der Waals surface area contributed by atoms with Crippen LogP contribution in [0.4, 0.5) is 11.4 Å². The van der Waals surface area contributed by atoms with E-state index in [0.29, 0.717) is 0 Å². The average molecular weight is 410 g/mol. The average Bonchev–Trinajstić information content (AvgIpc) is 2.45. The Balaban J connectivity index is 2.38. The van der Waals surface area contributed by atoms with Crippen LogP contribution in [0.2, 0.25) is 15.1 Å². The highest BCUT2D eigenvalue weighted by Gasteiger charge is 2.16. The van der Waals surface area contributed by atoms with E-state index < -0.39 is 15.9 Å². The molecule has 0 saturated heterocycles. The van der Waals surface area contributed by atoms with Crippen molar-refractivity contribution in [2.75, 3.05) is 16.3 Å². The normalized spacial score (nSPS) is 11.2. The van der Waals surface area contributed by atoms with Crippen LogP contribution in [-0.2, 0) is 10.0 Å². The number of nitrogens with one attached hydrogen (secondary N) is 2. The van der Waals surface area contributed by atoms with Crippen molar-refractivity contribution >= 4 is 62.1 Å². The lowest BCUT2D eigenvalue weighted by molar-refractivity contribution is 0.102. The first-order chi connectivity index (χ1) is 11.1. The third-order valence-electron chi connectivity index (χ3n) is 2.78. The number of aromatic hydroxyl groups is 1. The lowest BCUT2D eigenvalue weighted by atomic mass is 10.1. The molecule has 1 amide bonds. The molecule has 128 valence electrons. The Bertz CT molecular complexity index is 893. The SMILES string of the molecule is CS(=O)(=O)Nc1ccc(O)cc1C(=O)Nc1cc(Cl)c(Cl)c(Cl)c1. The van der Waals surface area contributed by atoms with Crippen molar-refractivity contribution in [3.05, 3.63) is 51.0 Å². The number of phenols is 1. The van der Waals surface area contributed by atoms with E-state index in [9.17, 15) is 18.3 Å². The molecular weight excluding hydrogens is 399 g/mol. The van der Waals surface area contributed by atoms with Gasteiger partial charge in [-0.25, -0.2) is 8.42 Å². The van der Waals surface area contributed by atoms with Gasteiger partial charge in [0.1, 0.15) is 5.75 Å². The van der Waals surface area contributed by atoms with E-state index in [4.69, 9.17) is 34.8 Å². The number of benzene rings is 2. The molecule has 3 N–H and O–H groups in total. The number of rotatable bonds is 4. The molecule has 0 aliphatic heterocycles. The predicted molar refractivity (Wildman–Crippen MR) is 96.0 cm³/mol. The van der Waals surface area contributed by atoms with Gasteiger partial charge in [-0.15, -0.1) is 0 Å². The molecule has 0 spiro atoms. The molecule has 2 aromatic carbocycles. The van der Waals surface area contributed by atoms with Gasteiger partial charge in [0.25, 0.3) is 5.91 Å². The van der Waals surface area contributed by atoms with Crippen molar-refractivity contribution in [3.63, 3.8) is 0 Å². The number of carbonyl (C=O) groups excluding carboxylic acids is 1. The van der Waals surface area contributed by atoms with Crippen LogP contribution in [0.1, 0.15) is 10.4 Å². The molecule has 0 heterocycles. The fourth-order valence-corrected chi connectivity index (χ4v) is 3.01. The van der Waals surface area contributed by atoms with Crippen LogP contribution in [0.5, 0.6) is 5.75 Å². The second-order valence-corrected chi connectivity index (χ2v) is 7.75. The summed E-state index contributed by atoms with van der Waals surface area (Å²) in [6.07, 6.45) is 0.945. The number of hydrogen-bond donors (Lipinski definition) is 3. The molecule has 0 aliphatic carbocycles. The zero-order valence-corrected chi connectivity index (χ0v) is 15.2. The van der Waals surface area contributed by atoms with Crippen molar-refractivity contribution in [2.45, 2.75) is 0 Å². The summed E-state index contributed by atoms with van der Waals surface area (Å²) in [5.74, 6) is -0.877. The fraction of sp³-hybridized carbons (Fsp3) is 0.0714. The van der Waals surface area contributed by atoms with Crippen LogP contribution in [0, 0.1) is 0 Å². The lowest BCUT2D eigenvalue weighted by Crippen LogP contribution is -2.17. The van der Waals surface area contributed by atoms with Gasteiger partial charge in [-0.1, -0.05) is 34.8 Å². The maximum Gasteiger partial charge on any atom is 0.257 e. The molecular formula is C14H11Cl3N2O4S. The third-order valence-corrected chi connectivity index (χ3v) is 4.57. The summed E-state index contributed by atoms with van der Waals surface area (Å²) in [6, 6.07) is 6.43. The highest BCUT2D eigenvalue weighted by Crippen LogP contribution is 2.33. The minimum absolute atomic E-state index is 0.0129. The van der Waals surface area contributed by atoms with Gasteiger partial charge >= 0.3 is 0 Å². The Morgan fingerprint density at radius 3 is 2.21 bits per heavy atom. The quantitative estimate of drug-likeness (QED) is 0.526. The van der Waals surface area contributed by atoms with E-state index in [0.717, 1.165) is 12.3 Å². The van der Waals surface area contributed by atoms with Gasteiger partial charge in [0.15, 0.2) is 0 Å². The molecule has 0 fully saturated rings. The Morgan fingerprint density at radius 1 is 1.08 bits per heavy atom. The monoisotopic (exact) mass is 408 g/mol. The van der Waals surface area contributed by atoms with Crippen molar-refractivity contribution in [1.82, 2.24) is 0 Å². The summed E-state index contributed by atoms with van der Waals surface area (Å²) in [7, 11) is -3.61. The van der Waals surface area contributed by atoms with Crippen molar-refractivity contribution in [2.24, 2.45) is 0 Å². The van der Waals surface area contributed by atoms with E-state index in [2.05, 4.69) is 10.0 Å². The summed E-state index contributed by atoms with van der Waals surface area (Å²) >= 11 is 17.6. The van der Waals surface area contributed by atoms with E-state index in [1.807, 2.05) is 0 Å². The second-order valence-electron chi connectivity index (χ2n) is 4.81. The zero-order valence-electron chi connectivity index (χ0n) is 12.1. The van der Waals surface area contributed by atoms with Crippen LogP contribution < -0.4 is 10.0 Å². The molecule has 10 heteroatoms. The molecule has 2 rings (SSSR count). The van der Waals surface area contributed by atoms with Gasteiger partial charge in [-0.05, 0) is 30.3 Å². The Kier molecular flexibility index (Phi) is 5.49. The van der Waals surface area contributed by atoms with Crippen LogP contribution in [0.15, 0.2) is 30.3 Å². The highest BCUT2D eigenvalue weighted by atomic mass is 35.5. The number of amides is 1. The lowest BCUT2D eigenvalue weighted by Gasteiger charge is -2.12. The minimum atomic E-state index is -3.61. The molecule has 6 nitrogen and oxygen atoms in total. The molecule has 0 radical (unpaired) electrons. The van der Waals surface area contributed by atoms with Crippen LogP contribution >= 0.6 is 34.8 Å². The first kappa shape index (κ1) is 18.7. The molecule has 0 unspecified atom stereocenters. The molecule has 0 saturated carbocycles. The topological polar surface area (TPSA) is 95.5 Å². The second kappa shape index (κ2) is 7.06. The number of hydrogen-bond acceptors (Lipinski definition) is 4. The largest absolute Gasteiger partial charge is 0.508 e. The molecule has 24 heavy (non-hydrogen) atoms. The fourth-order valence-electron chi connectivity index (χ4n) is 1.83. The Labute approximate surface area is 153 Å². The smallest absolute Gasteiger partial charge is 0.257 e. The first-order valence-corrected chi connectivity index (χ1v) is 9.36. The number of phenolic OH excluding ortho intramolecular Hbond substituents is 1. The van der Waals surface area contributed by atoms with E-state index in [-0.39, 0.29) is 37.8 Å². The number of sulfonamides is 1. The van der Waals surface area contributed by atoms with Gasteiger partial charge in [0.05, 0.1) is 32.6 Å². The van der Waals surface area contributed by atoms with Crippen LogP contribution in [0.3, 0.4) is 0 Å². The molecule has 0 atom stereocenters. The summed E-state index contributed by atoms with van der Waals surface area (Å²) in [6.45, 7) is 0. The van der Waals surface area contributed by atoms with Crippen LogP contribution in [-0.4, -0.2) is 25.7 Å². The maximum atomic E-state index is 12.4. The van der Waals surface area contributed by atoms with Gasteiger partial charge < -0.3 is 10.4 Å². The zero-order chi connectivity index (χ0) is 18.1. The van der Waals surface area contributed by atoms with E-state index >= 15 is 0 Å². The molecule has 0 bridgehead atoms. The van der Waals surface area contributed by atoms with Crippen molar-refractivity contribution in [3.8, 4) is 5.75 Å². The van der Waals surface area contributed by atoms with Gasteiger partial charge in [-0.2, -0.15) is 0 Å². The predicted octanol–water partition coefficient (Wildman–Crippen LogP) is 3.98. The molecule has 0 aliphatic rings. The number of anilines is 2. The molecule has 2 aromatic rings. The number of halogens is 3. The van der Waals surface area contributed by atoms with Gasteiger partial charge in [0, 0.05) is 5.69 Å². The number of carbonyl (C=O) groups is 1. The van der Waals surface area contributed by atoms with Gasteiger partial charge in [0.2, 0.25) is 10.0 Å². The van der Waals surface area contributed by atoms with E-state index in [1.165, 1.54) is 24.3 Å². The Morgan fingerprint density at radius 2 is 1.67 bits per heavy atom. The highest BCUT2D eigenvalue weighted by molar-refractivity contribution is 7.92. The molecule has 0 aromatic heterocycles. The summed E-state index contributed by atoms with van der Waals surface area (Å²) < 4.78 is 25.0. The van der Waals surface area contributed by atoms with Crippen molar-refractivity contribution in [1.29, 1.82) is 0 Å². The van der Waals surface area contributed by atoms with E-state index in [1.54, 1.807) is 0 Å². The minimum Gasteiger partial charge on any atom is -0.508 e. The maximum absolute atomic E-state index is 12.4. The Hall–Kier alpha value is -1.67. The summed E-state index contributed by atoms with van der Waals surface area (Å²) in [4.78, 5) is 12.4. The van der Waals surface area contributed by atoms with Crippen molar-refractivity contribution < 1.29 is 18.3 Å². The van der Waals surface area contributed by atoms with Crippen LogP contribution in [0.25, 0.3) is 0 Å². The summed E-state index contributed by atoms with van der Waals surface area (Å²) in [5, 5.41) is 12.5. The van der Waals surface area contributed by atoms with Gasteiger partial charge in [-0.3, -0.25) is 9.52 Å².